The van der Waals surface area contributed by atoms with Crippen LogP contribution in [0.1, 0.15) is 37.8 Å². The zero-order valence-corrected chi connectivity index (χ0v) is 11.0. The van der Waals surface area contributed by atoms with Crippen molar-refractivity contribution in [2.45, 2.75) is 26.4 Å². The predicted molar refractivity (Wildman–Crippen MR) is 67.0 cm³/mol. The zero-order valence-electron chi connectivity index (χ0n) is 10.2. The van der Waals surface area contributed by atoms with Crippen LogP contribution in [0.25, 0.3) is 10.8 Å². The molecule has 0 aliphatic rings. The highest BCUT2D eigenvalue weighted by Crippen LogP contribution is 2.29. The lowest BCUT2D eigenvalue weighted by Crippen LogP contribution is -2.04. The number of hydrogen-bond donors (Lipinski definition) is 0. The molecule has 0 aliphatic carbocycles. The smallest absolute Gasteiger partial charge is 0.269 e. The number of aromatic nitrogens is 2. The minimum Gasteiger partial charge on any atom is -0.370 e. The van der Waals surface area contributed by atoms with Crippen molar-refractivity contribution in [3.05, 3.63) is 22.8 Å². The van der Waals surface area contributed by atoms with Gasteiger partial charge in [0.2, 0.25) is 5.82 Å². The number of nitrogens with zero attached hydrogens (tertiary/aromatic N) is 3. The van der Waals surface area contributed by atoms with Gasteiger partial charge in [-0.2, -0.15) is 10.2 Å². The molecule has 0 N–H and O–H groups in total. The molecule has 0 aromatic carbocycles. The summed E-state index contributed by atoms with van der Waals surface area (Å²) in [5, 5.41) is 14.7. The van der Waals surface area contributed by atoms with Gasteiger partial charge >= 0.3 is 0 Å². The van der Waals surface area contributed by atoms with Gasteiger partial charge in [-0.05, 0) is 24.8 Å². The number of ether oxygens (including phenoxy) is 1. The van der Waals surface area contributed by atoms with Crippen LogP contribution in [0.5, 0.6) is 0 Å². The molecular formula is C12H13N3O2S. The van der Waals surface area contributed by atoms with Crippen molar-refractivity contribution >= 4 is 11.3 Å². The molecule has 2 heterocycles. The van der Waals surface area contributed by atoms with E-state index >= 15 is 0 Å². The second-order valence-electron chi connectivity index (χ2n) is 3.59. The number of hydrogen-bond acceptors (Lipinski definition) is 6. The first-order chi connectivity index (χ1) is 8.80. The van der Waals surface area contributed by atoms with Gasteiger partial charge in [-0.3, -0.25) is 0 Å². The highest BCUT2D eigenvalue weighted by Gasteiger charge is 2.19. The molecule has 0 bridgehead atoms. The van der Waals surface area contributed by atoms with Crippen LogP contribution in [-0.4, -0.2) is 16.7 Å². The van der Waals surface area contributed by atoms with Crippen LogP contribution in [0.15, 0.2) is 16.0 Å². The summed E-state index contributed by atoms with van der Waals surface area (Å²) in [5.41, 5.74) is 0.555. The Labute approximate surface area is 109 Å². The van der Waals surface area contributed by atoms with Crippen LogP contribution in [-0.2, 0) is 4.74 Å². The first kappa shape index (κ1) is 12.7. The van der Waals surface area contributed by atoms with Gasteiger partial charge in [0.15, 0.2) is 0 Å². The van der Waals surface area contributed by atoms with Gasteiger partial charge in [-0.15, -0.1) is 11.3 Å². The lowest BCUT2D eigenvalue weighted by Gasteiger charge is -2.09. The van der Waals surface area contributed by atoms with Crippen LogP contribution in [0, 0.1) is 11.3 Å². The van der Waals surface area contributed by atoms with E-state index < -0.39 is 0 Å². The van der Waals surface area contributed by atoms with Crippen LogP contribution in [0.2, 0.25) is 0 Å². The summed E-state index contributed by atoms with van der Waals surface area (Å²) in [7, 11) is 0. The SMILES string of the molecule is CCOC(CC)c1noc(-c2sccc2C#N)n1. The highest BCUT2D eigenvalue weighted by atomic mass is 32.1. The van der Waals surface area contributed by atoms with Gasteiger partial charge in [0, 0.05) is 6.61 Å². The fraction of sp³-hybridized carbons (Fsp3) is 0.417. The second-order valence-corrected chi connectivity index (χ2v) is 4.50. The Kier molecular flexibility index (Phi) is 4.07. The Bertz CT molecular complexity index is 556. The molecule has 0 fully saturated rings. The third kappa shape index (κ3) is 2.42. The average molecular weight is 263 g/mol. The number of rotatable bonds is 5. The van der Waals surface area contributed by atoms with Gasteiger partial charge in [-0.1, -0.05) is 12.1 Å². The molecule has 0 saturated heterocycles. The molecule has 94 valence electrons. The molecule has 18 heavy (non-hydrogen) atoms. The summed E-state index contributed by atoms with van der Waals surface area (Å²) in [6.07, 6.45) is 0.625. The number of thiophene rings is 1. The molecule has 1 atom stereocenters. The minimum absolute atomic E-state index is 0.155. The van der Waals surface area contributed by atoms with Gasteiger partial charge in [0.05, 0.1) is 5.56 Å². The molecule has 2 aromatic heterocycles. The van der Waals surface area contributed by atoms with Gasteiger partial charge < -0.3 is 9.26 Å². The molecule has 6 heteroatoms. The third-order valence-corrected chi connectivity index (χ3v) is 3.35. The summed E-state index contributed by atoms with van der Waals surface area (Å²) in [6, 6.07) is 3.84. The maximum absolute atomic E-state index is 8.96. The van der Waals surface area contributed by atoms with Crippen molar-refractivity contribution < 1.29 is 9.26 Å². The normalized spacial score (nSPS) is 12.3. The van der Waals surface area contributed by atoms with Crippen molar-refractivity contribution in [2.75, 3.05) is 6.61 Å². The Morgan fingerprint density at radius 3 is 3.06 bits per heavy atom. The summed E-state index contributed by atoms with van der Waals surface area (Å²) < 4.78 is 10.7. The summed E-state index contributed by atoms with van der Waals surface area (Å²) >= 11 is 1.41. The van der Waals surface area contributed by atoms with E-state index in [4.69, 9.17) is 14.5 Å². The monoisotopic (exact) mass is 263 g/mol. The quantitative estimate of drug-likeness (QED) is 0.828. The lowest BCUT2D eigenvalue weighted by molar-refractivity contribution is 0.0518. The van der Waals surface area contributed by atoms with Crippen LogP contribution in [0.4, 0.5) is 0 Å². The van der Waals surface area contributed by atoms with Gasteiger partial charge in [-0.25, -0.2) is 0 Å². The van der Waals surface area contributed by atoms with E-state index in [-0.39, 0.29) is 6.10 Å². The van der Waals surface area contributed by atoms with Crippen molar-refractivity contribution in [1.29, 1.82) is 5.26 Å². The maximum atomic E-state index is 8.96. The van der Waals surface area contributed by atoms with E-state index in [1.807, 2.05) is 19.2 Å². The van der Waals surface area contributed by atoms with Crippen molar-refractivity contribution in [2.24, 2.45) is 0 Å². The van der Waals surface area contributed by atoms with Crippen LogP contribution in [0.3, 0.4) is 0 Å². The van der Waals surface area contributed by atoms with Gasteiger partial charge in [0.1, 0.15) is 17.1 Å². The van der Waals surface area contributed by atoms with Crippen molar-refractivity contribution in [1.82, 2.24) is 10.1 Å². The molecule has 0 saturated carbocycles. The summed E-state index contributed by atoms with van der Waals surface area (Å²) in [6.45, 7) is 4.53. The van der Waals surface area contributed by atoms with E-state index in [0.717, 1.165) is 6.42 Å². The highest BCUT2D eigenvalue weighted by molar-refractivity contribution is 7.13. The van der Waals surface area contributed by atoms with E-state index in [9.17, 15) is 0 Å². The zero-order chi connectivity index (χ0) is 13.0. The maximum Gasteiger partial charge on any atom is 0.269 e. The van der Waals surface area contributed by atoms with Crippen LogP contribution < -0.4 is 0 Å². The van der Waals surface area contributed by atoms with E-state index in [2.05, 4.69) is 16.2 Å². The van der Waals surface area contributed by atoms with Crippen LogP contribution >= 0.6 is 11.3 Å². The summed E-state index contributed by atoms with van der Waals surface area (Å²) in [5.74, 6) is 0.918. The van der Waals surface area contributed by atoms with E-state index in [0.29, 0.717) is 28.8 Å². The van der Waals surface area contributed by atoms with Crippen molar-refractivity contribution in [3.8, 4) is 16.8 Å². The molecule has 1 unspecified atom stereocenters. The molecule has 5 nitrogen and oxygen atoms in total. The first-order valence-corrected chi connectivity index (χ1v) is 6.61. The summed E-state index contributed by atoms with van der Waals surface area (Å²) in [4.78, 5) is 5.02. The molecular weight excluding hydrogens is 250 g/mol. The van der Waals surface area contributed by atoms with Gasteiger partial charge in [0.25, 0.3) is 5.89 Å². The van der Waals surface area contributed by atoms with E-state index in [1.165, 1.54) is 11.3 Å². The minimum atomic E-state index is -0.155. The second kappa shape index (κ2) is 5.76. The first-order valence-electron chi connectivity index (χ1n) is 5.73. The topological polar surface area (TPSA) is 71.9 Å². The Morgan fingerprint density at radius 2 is 2.39 bits per heavy atom. The standard InChI is InChI=1S/C12H13N3O2S/c1-3-9(16-4-2)11-14-12(17-15-11)10-8(7-13)5-6-18-10/h5-6,9H,3-4H2,1-2H3. The fourth-order valence-electron chi connectivity index (χ4n) is 1.60. The largest absolute Gasteiger partial charge is 0.370 e. The lowest BCUT2D eigenvalue weighted by atomic mass is 10.2. The Morgan fingerprint density at radius 1 is 1.56 bits per heavy atom. The Balaban J connectivity index is 2.28. The molecule has 0 spiro atoms. The molecule has 0 aliphatic heterocycles. The predicted octanol–water partition coefficient (Wildman–Crippen LogP) is 3.16. The van der Waals surface area contributed by atoms with E-state index in [1.54, 1.807) is 6.07 Å². The Hall–Kier alpha value is -1.71. The average Bonchev–Trinajstić information content (AvgIpc) is 3.03. The number of nitriles is 1. The molecule has 0 amide bonds. The molecule has 2 rings (SSSR count). The molecule has 2 aromatic rings. The third-order valence-electron chi connectivity index (χ3n) is 2.45. The van der Waals surface area contributed by atoms with Crippen molar-refractivity contribution in [3.63, 3.8) is 0 Å². The molecule has 0 radical (unpaired) electrons. The fourth-order valence-corrected chi connectivity index (χ4v) is 2.36.